The first-order valence-electron chi connectivity index (χ1n) is 7.34. The summed E-state index contributed by atoms with van der Waals surface area (Å²) < 4.78 is 0. The lowest BCUT2D eigenvalue weighted by molar-refractivity contribution is 0.746. The Morgan fingerprint density at radius 3 is 2.24 bits per heavy atom. The number of rotatable bonds is 8. The van der Waals surface area contributed by atoms with E-state index in [-0.39, 0.29) is 0 Å². The predicted octanol–water partition coefficient (Wildman–Crippen LogP) is 5.12. The molecule has 0 saturated heterocycles. The van der Waals surface area contributed by atoms with Crippen molar-refractivity contribution in [3.8, 4) is 0 Å². The summed E-state index contributed by atoms with van der Waals surface area (Å²) in [7, 11) is 0. The molecule has 0 amide bonds. The maximum Gasteiger partial charge on any atom is -0.0146 e. The molecule has 0 nitrogen and oxygen atoms in total. The van der Waals surface area contributed by atoms with E-state index < -0.39 is 0 Å². The van der Waals surface area contributed by atoms with Crippen LogP contribution in [0.2, 0.25) is 0 Å². The summed E-state index contributed by atoms with van der Waals surface area (Å²) in [6.45, 7) is 6.81. The first-order valence-corrected chi connectivity index (χ1v) is 7.34. The normalized spacial score (nSPS) is 10.8. The Labute approximate surface area is 107 Å². The van der Waals surface area contributed by atoms with Crippen LogP contribution in [0.15, 0.2) is 12.1 Å². The number of benzene rings is 1. The van der Waals surface area contributed by atoms with Crippen LogP contribution >= 0.6 is 0 Å². The molecule has 0 heteroatoms. The highest BCUT2D eigenvalue weighted by Gasteiger charge is 2.07. The third-order valence-electron chi connectivity index (χ3n) is 3.37. The Morgan fingerprint density at radius 2 is 1.59 bits per heavy atom. The van der Waals surface area contributed by atoms with Gasteiger partial charge in [-0.25, -0.2) is 0 Å². The lowest BCUT2D eigenvalue weighted by atomic mass is 9.91. The molecule has 0 N–H and O–H groups in total. The predicted molar refractivity (Wildman–Crippen MR) is 76.5 cm³/mol. The summed E-state index contributed by atoms with van der Waals surface area (Å²) in [6, 6.07) is 7.89. The van der Waals surface area contributed by atoms with Crippen molar-refractivity contribution in [2.45, 2.75) is 72.1 Å². The molecule has 0 unspecified atom stereocenters. The first-order chi connectivity index (χ1) is 8.33. The van der Waals surface area contributed by atoms with Crippen LogP contribution in [0.25, 0.3) is 0 Å². The molecule has 0 fully saturated rings. The molecule has 0 saturated carbocycles. The summed E-state index contributed by atoms with van der Waals surface area (Å²) in [6.07, 6.45) is 10.1. The fourth-order valence-corrected chi connectivity index (χ4v) is 2.36. The number of aryl methyl sites for hydroxylation is 2. The van der Waals surface area contributed by atoms with Gasteiger partial charge < -0.3 is 0 Å². The van der Waals surface area contributed by atoms with Gasteiger partial charge in [0.05, 0.1) is 0 Å². The minimum absolute atomic E-state index is 1.19. The monoisotopic (exact) mass is 231 g/mol. The van der Waals surface area contributed by atoms with Gasteiger partial charge in [-0.05, 0) is 54.9 Å². The standard InChI is InChI=1S/C17H27/c1-4-7-11-16-13-9-12-15(10-6-3)17(16)14-8-5-2/h9,13H,4-8,10-11,14H2,1-3H3. The molecule has 0 aliphatic rings. The van der Waals surface area contributed by atoms with Crippen LogP contribution in [0.1, 0.15) is 69.6 Å². The van der Waals surface area contributed by atoms with Crippen molar-refractivity contribution >= 4 is 0 Å². The van der Waals surface area contributed by atoms with E-state index >= 15 is 0 Å². The number of unbranched alkanes of at least 4 members (excludes halogenated alkanes) is 2. The van der Waals surface area contributed by atoms with Crippen LogP contribution in [0.4, 0.5) is 0 Å². The SMILES string of the molecule is CCCCc1cc[c]c(CCC)c1CCCC. The Kier molecular flexibility index (Phi) is 7.00. The topological polar surface area (TPSA) is 0 Å². The third-order valence-corrected chi connectivity index (χ3v) is 3.37. The maximum absolute atomic E-state index is 3.46. The second-order valence-corrected chi connectivity index (χ2v) is 4.92. The van der Waals surface area contributed by atoms with Gasteiger partial charge in [-0.3, -0.25) is 0 Å². The Hall–Kier alpha value is -0.780. The summed E-state index contributed by atoms with van der Waals surface area (Å²) in [5, 5.41) is 0. The highest BCUT2D eigenvalue weighted by Crippen LogP contribution is 2.20. The van der Waals surface area contributed by atoms with Crippen molar-refractivity contribution in [2.75, 3.05) is 0 Å². The molecule has 0 atom stereocenters. The zero-order valence-corrected chi connectivity index (χ0v) is 11.8. The second kappa shape index (κ2) is 8.33. The van der Waals surface area contributed by atoms with E-state index in [4.69, 9.17) is 0 Å². The van der Waals surface area contributed by atoms with Crippen LogP contribution in [0.5, 0.6) is 0 Å². The fraction of sp³-hybridized carbons (Fsp3) is 0.647. The van der Waals surface area contributed by atoms with Crippen LogP contribution in [-0.2, 0) is 19.3 Å². The number of hydrogen-bond donors (Lipinski definition) is 0. The highest BCUT2D eigenvalue weighted by atomic mass is 14.1. The molecule has 0 spiro atoms. The largest absolute Gasteiger partial charge is 0.0654 e. The fourth-order valence-electron chi connectivity index (χ4n) is 2.36. The van der Waals surface area contributed by atoms with E-state index in [1.165, 1.54) is 56.9 Å². The van der Waals surface area contributed by atoms with E-state index in [9.17, 15) is 0 Å². The van der Waals surface area contributed by atoms with Crippen molar-refractivity contribution in [2.24, 2.45) is 0 Å². The summed E-state index contributed by atoms with van der Waals surface area (Å²) in [5.74, 6) is 0. The quantitative estimate of drug-likeness (QED) is 0.582. The molecule has 0 aliphatic carbocycles. The van der Waals surface area contributed by atoms with Gasteiger partial charge in [-0.15, -0.1) is 0 Å². The Balaban J connectivity index is 2.87. The second-order valence-electron chi connectivity index (χ2n) is 4.92. The van der Waals surface area contributed by atoms with Gasteiger partial charge in [0, 0.05) is 0 Å². The molecular formula is C17H27. The molecule has 1 radical (unpaired) electrons. The molecule has 95 valence electrons. The highest BCUT2D eigenvalue weighted by molar-refractivity contribution is 5.35. The van der Waals surface area contributed by atoms with E-state index in [0.717, 1.165) is 0 Å². The molecular weight excluding hydrogens is 204 g/mol. The third kappa shape index (κ3) is 4.53. The zero-order valence-electron chi connectivity index (χ0n) is 11.8. The summed E-state index contributed by atoms with van der Waals surface area (Å²) >= 11 is 0. The van der Waals surface area contributed by atoms with Crippen LogP contribution < -0.4 is 0 Å². The lowest BCUT2D eigenvalue weighted by Gasteiger charge is -2.14. The Bertz CT molecular complexity index is 312. The number of hydrogen-bond acceptors (Lipinski definition) is 0. The van der Waals surface area contributed by atoms with Crippen molar-refractivity contribution in [3.05, 3.63) is 34.9 Å². The average molecular weight is 231 g/mol. The molecule has 17 heavy (non-hydrogen) atoms. The first kappa shape index (κ1) is 14.3. The molecule has 1 aromatic rings. The van der Waals surface area contributed by atoms with Gasteiger partial charge in [-0.1, -0.05) is 52.2 Å². The van der Waals surface area contributed by atoms with Crippen molar-refractivity contribution < 1.29 is 0 Å². The molecule has 0 bridgehead atoms. The van der Waals surface area contributed by atoms with Gasteiger partial charge >= 0.3 is 0 Å². The van der Waals surface area contributed by atoms with Crippen molar-refractivity contribution in [1.82, 2.24) is 0 Å². The summed E-state index contributed by atoms with van der Waals surface area (Å²) in [4.78, 5) is 0. The van der Waals surface area contributed by atoms with Crippen LogP contribution in [-0.4, -0.2) is 0 Å². The van der Waals surface area contributed by atoms with Gasteiger partial charge in [0.25, 0.3) is 0 Å². The molecule has 0 aliphatic heterocycles. The minimum atomic E-state index is 1.19. The lowest BCUT2D eigenvalue weighted by Crippen LogP contribution is -2.01. The molecule has 1 aromatic carbocycles. The minimum Gasteiger partial charge on any atom is -0.0654 e. The van der Waals surface area contributed by atoms with Gasteiger partial charge in [0.1, 0.15) is 0 Å². The maximum atomic E-state index is 3.46. The van der Waals surface area contributed by atoms with Crippen LogP contribution in [0.3, 0.4) is 0 Å². The van der Waals surface area contributed by atoms with Gasteiger partial charge in [0.15, 0.2) is 0 Å². The summed E-state index contributed by atoms with van der Waals surface area (Å²) in [5.41, 5.74) is 4.68. The molecule has 0 aromatic heterocycles. The van der Waals surface area contributed by atoms with Gasteiger partial charge in [0.2, 0.25) is 0 Å². The van der Waals surface area contributed by atoms with Crippen LogP contribution in [0, 0.1) is 6.07 Å². The van der Waals surface area contributed by atoms with E-state index in [2.05, 4.69) is 39.0 Å². The van der Waals surface area contributed by atoms with E-state index in [1.807, 2.05) is 0 Å². The molecule has 1 rings (SSSR count). The average Bonchev–Trinajstić information content (AvgIpc) is 2.35. The molecule has 0 heterocycles. The smallest absolute Gasteiger partial charge is 0.0146 e. The van der Waals surface area contributed by atoms with Crippen molar-refractivity contribution in [3.63, 3.8) is 0 Å². The van der Waals surface area contributed by atoms with E-state index in [1.54, 1.807) is 11.1 Å². The van der Waals surface area contributed by atoms with E-state index in [0.29, 0.717) is 0 Å². The Morgan fingerprint density at radius 1 is 0.882 bits per heavy atom. The van der Waals surface area contributed by atoms with Gasteiger partial charge in [-0.2, -0.15) is 0 Å². The van der Waals surface area contributed by atoms with Crippen molar-refractivity contribution in [1.29, 1.82) is 0 Å². The zero-order chi connectivity index (χ0) is 12.5.